The van der Waals surface area contributed by atoms with Crippen LogP contribution in [0.5, 0.6) is 5.75 Å². The molecule has 56 heavy (non-hydrogen) atoms. The van der Waals surface area contributed by atoms with Gasteiger partial charge in [-0.25, -0.2) is 13.1 Å². The molecule has 0 aromatic heterocycles. The molecular weight excluding hydrogens is 748 g/mol. The van der Waals surface area contributed by atoms with E-state index >= 15 is 0 Å². The summed E-state index contributed by atoms with van der Waals surface area (Å²) in [5, 5.41) is 0.740. The van der Waals surface area contributed by atoms with Gasteiger partial charge in [0, 0.05) is 87.3 Å². The summed E-state index contributed by atoms with van der Waals surface area (Å²) in [5.41, 5.74) is 2.56. The van der Waals surface area contributed by atoms with Crippen LogP contribution >= 0.6 is 11.6 Å². The summed E-state index contributed by atoms with van der Waals surface area (Å²) < 4.78 is 47.9. The number of carbonyl (C=O) groups excluding carboxylic acids is 1. The zero-order valence-corrected chi connectivity index (χ0v) is 34.3. The van der Waals surface area contributed by atoms with Gasteiger partial charge in [-0.05, 0) is 111 Å². The molecule has 2 aromatic carbocycles. The fourth-order valence-electron chi connectivity index (χ4n) is 10.6. The number of hydrogen-bond acceptors (Lipinski definition) is 9. The maximum absolute atomic E-state index is 13.8. The Balaban J connectivity index is 1.05. The van der Waals surface area contributed by atoms with Crippen molar-refractivity contribution in [2.24, 2.45) is 17.8 Å². The molecule has 10 nitrogen and oxygen atoms in total. The molecule has 1 N–H and O–H groups in total. The van der Waals surface area contributed by atoms with Crippen molar-refractivity contribution in [3.8, 4) is 17.6 Å². The molecule has 7 aliphatic rings. The van der Waals surface area contributed by atoms with Crippen molar-refractivity contribution >= 4 is 33.2 Å². The first-order chi connectivity index (χ1) is 27.0. The third-order valence-electron chi connectivity index (χ3n) is 14.4. The van der Waals surface area contributed by atoms with Gasteiger partial charge in [0.15, 0.2) is 0 Å². The number of sulfonamides is 1. The van der Waals surface area contributed by atoms with Crippen LogP contribution < -0.4 is 14.4 Å². The molecule has 0 radical (unpaired) electrons. The Labute approximate surface area is 337 Å². The van der Waals surface area contributed by atoms with E-state index in [2.05, 4.69) is 55.5 Å². The number of morpholine rings is 1. The first-order valence-electron chi connectivity index (χ1n) is 20.7. The summed E-state index contributed by atoms with van der Waals surface area (Å²) in [5.74, 6) is 7.63. The van der Waals surface area contributed by atoms with E-state index in [0.29, 0.717) is 43.3 Å². The highest BCUT2D eigenvalue weighted by molar-refractivity contribution is 7.91. The average Bonchev–Trinajstić information content (AvgIpc) is 3.89. The molecular formula is C44H55ClN4O6S. The number of halogens is 1. The van der Waals surface area contributed by atoms with Crippen LogP contribution in [0, 0.1) is 29.6 Å². The highest BCUT2D eigenvalue weighted by atomic mass is 35.5. The first-order valence-corrected chi connectivity index (χ1v) is 22.5. The Kier molecular flexibility index (Phi) is 10.2. The van der Waals surface area contributed by atoms with Crippen molar-refractivity contribution in [2.45, 2.75) is 80.1 Å². The summed E-state index contributed by atoms with van der Waals surface area (Å²) >= 11 is 6.51. The van der Waals surface area contributed by atoms with Crippen LogP contribution in [-0.2, 0) is 31.3 Å². The molecule has 2 saturated heterocycles. The highest BCUT2D eigenvalue weighted by Crippen LogP contribution is 2.53. The molecule has 1 spiro atoms. The Hall–Kier alpha value is -3.11. The largest absolute Gasteiger partial charge is 0.490 e. The van der Waals surface area contributed by atoms with Crippen LogP contribution in [0.15, 0.2) is 48.6 Å². The van der Waals surface area contributed by atoms with Crippen LogP contribution in [-0.4, -0.2) is 113 Å². The monoisotopic (exact) mass is 802 g/mol. The number of carbonyl (C=O) groups is 1. The second-order valence-electron chi connectivity index (χ2n) is 17.6. The first kappa shape index (κ1) is 38.4. The molecule has 3 aliphatic carbocycles. The zero-order chi connectivity index (χ0) is 38.7. The number of allylic oxidation sites excluding steroid dienone is 1. The minimum absolute atomic E-state index is 0.112. The SMILES string of the molecule is CO[C@@]1(C#CCCN2CCN3CCOC[C@@H]3C2)/C=C/C[C@@H]2C[C@@]2(C)S(=O)(=O)NC(=O)c2ccc3c(c2)N(C[C@@H]2CC[C@H]21)C[C@@]1(CCCc2cc(Cl)ccc21)CO3. The number of aryl methyl sites for hydroxylation is 1. The number of amides is 1. The number of nitrogens with zero attached hydrogens (tertiary/aromatic N) is 3. The van der Waals surface area contributed by atoms with Crippen molar-refractivity contribution in [3.05, 3.63) is 70.3 Å². The molecule has 1 amide bonds. The van der Waals surface area contributed by atoms with E-state index in [4.69, 9.17) is 25.8 Å². The quantitative estimate of drug-likeness (QED) is 0.322. The summed E-state index contributed by atoms with van der Waals surface area (Å²) in [6.45, 7) is 10.3. The van der Waals surface area contributed by atoms with E-state index in [-0.39, 0.29) is 23.2 Å². The van der Waals surface area contributed by atoms with Crippen LogP contribution in [0.25, 0.3) is 0 Å². The van der Waals surface area contributed by atoms with Crippen molar-refractivity contribution in [1.82, 2.24) is 14.5 Å². The van der Waals surface area contributed by atoms with Gasteiger partial charge < -0.3 is 19.1 Å². The number of fused-ring (bicyclic) bond motifs is 6. The third kappa shape index (κ3) is 6.96. The lowest BCUT2D eigenvalue weighted by Gasteiger charge is -2.48. The second-order valence-corrected chi connectivity index (χ2v) is 20.2. The third-order valence-corrected chi connectivity index (χ3v) is 16.8. The lowest BCUT2D eigenvalue weighted by molar-refractivity contribution is -0.0441. The number of piperazine rings is 1. The van der Waals surface area contributed by atoms with Gasteiger partial charge in [0.05, 0.1) is 30.3 Å². The van der Waals surface area contributed by atoms with Gasteiger partial charge in [-0.2, -0.15) is 0 Å². The smallest absolute Gasteiger partial charge is 0.264 e. The van der Waals surface area contributed by atoms with Crippen molar-refractivity contribution in [1.29, 1.82) is 0 Å². The van der Waals surface area contributed by atoms with Gasteiger partial charge in [-0.15, -0.1) is 0 Å². The molecule has 2 bridgehead atoms. The minimum atomic E-state index is -3.96. The van der Waals surface area contributed by atoms with E-state index in [0.717, 1.165) is 102 Å². The summed E-state index contributed by atoms with van der Waals surface area (Å²) in [6.07, 6.45) is 11.0. The van der Waals surface area contributed by atoms with E-state index in [9.17, 15) is 13.2 Å². The maximum Gasteiger partial charge on any atom is 0.264 e. The topological polar surface area (TPSA) is 101 Å². The van der Waals surface area contributed by atoms with Crippen LogP contribution in [0.2, 0.25) is 5.02 Å². The van der Waals surface area contributed by atoms with Gasteiger partial charge >= 0.3 is 0 Å². The highest BCUT2D eigenvalue weighted by Gasteiger charge is 2.60. The van der Waals surface area contributed by atoms with Crippen molar-refractivity contribution in [2.75, 3.05) is 77.6 Å². The summed E-state index contributed by atoms with van der Waals surface area (Å²) in [6, 6.07) is 12.1. The van der Waals surface area contributed by atoms with Gasteiger partial charge in [0.25, 0.3) is 5.91 Å². The van der Waals surface area contributed by atoms with Crippen LogP contribution in [0.3, 0.4) is 0 Å². The minimum Gasteiger partial charge on any atom is -0.490 e. The number of methoxy groups -OCH3 is 1. The van der Waals surface area contributed by atoms with Crippen LogP contribution in [0.4, 0.5) is 5.69 Å². The number of nitrogens with one attached hydrogen (secondary N) is 1. The zero-order valence-electron chi connectivity index (χ0n) is 32.7. The number of ether oxygens (including phenoxy) is 3. The average molecular weight is 803 g/mol. The molecule has 4 fully saturated rings. The Bertz CT molecular complexity index is 2070. The molecule has 2 aromatic rings. The molecule has 4 aliphatic heterocycles. The number of rotatable bonds is 3. The van der Waals surface area contributed by atoms with Gasteiger partial charge in [-0.1, -0.05) is 35.6 Å². The second kappa shape index (κ2) is 14.9. The predicted octanol–water partition coefficient (Wildman–Crippen LogP) is 5.43. The normalized spacial score (nSPS) is 35.8. The van der Waals surface area contributed by atoms with Crippen molar-refractivity contribution < 1.29 is 27.4 Å². The number of benzene rings is 2. The van der Waals surface area contributed by atoms with E-state index in [1.807, 2.05) is 18.2 Å². The molecule has 9 rings (SSSR count). The summed E-state index contributed by atoms with van der Waals surface area (Å²) in [7, 11) is -2.18. The number of anilines is 1. The van der Waals surface area contributed by atoms with E-state index < -0.39 is 26.3 Å². The van der Waals surface area contributed by atoms with Gasteiger partial charge in [0.2, 0.25) is 10.0 Å². The molecule has 0 unspecified atom stereocenters. The molecule has 12 heteroatoms. The van der Waals surface area contributed by atoms with Gasteiger partial charge in [0.1, 0.15) is 11.4 Å². The standard InChI is InChI=1S/C44H55ClN4O6S/c1-42-25-34(42)8-6-17-44(53-2,16-3-4-18-47-19-20-48-21-22-54-28-36(48)27-47)38-12-9-33(38)26-49-29-43(15-5-7-31-23-35(45)11-13-37(31)43)30-55-40-14-10-32(24-39(40)49)41(50)46-56(42,51)52/h6,10-11,13-14,17,23-24,33-34,36,38H,4-5,7-9,12,15,18-22,25-30H2,1-2H3,(H,46,50)/b17-6+/t33-,34+,36-,38+,42+,43-,44-/m0/s1. The predicted molar refractivity (Wildman–Crippen MR) is 218 cm³/mol. The Morgan fingerprint density at radius 1 is 1.11 bits per heavy atom. The summed E-state index contributed by atoms with van der Waals surface area (Å²) in [4.78, 5) is 21.2. The number of hydrogen-bond donors (Lipinski definition) is 1. The fraction of sp³-hybridized carbons (Fsp3) is 0.614. The molecule has 2 saturated carbocycles. The lowest BCUT2D eigenvalue weighted by atomic mass is 9.64. The molecule has 4 heterocycles. The van der Waals surface area contributed by atoms with E-state index in [1.54, 1.807) is 20.1 Å². The Morgan fingerprint density at radius 3 is 2.84 bits per heavy atom. The maximum atomic E-state index is 13.8. The molecule has 300 valence electrons. The molecule has 7 atom stereocenters. The fourth-order valence-corrected chi connectivity index (χ4v) is 12.4. The van der Waals surface area contributed by atoms with Crippen LogP contribution in [0.1, 0.15) is 73.4 Å². The Morgan fingerprint density at radius 2 is 2.00 bits per heavy atom. The van der Waals surface area contributed by atoms with Gasteiger partial charge in [-0.3, -0.25) is 14.6 Å². The van der Waals surface area contributed by atoms with Crippen molar-refractivity contribution in [3.63, 3.8) is 0 Å². The van der Waals surface area contributed by atoms with E-state index in [1.165, 1.54) is 11.1 Å². The lowest BCUT2D eigenvalue weighted by Crippen LogP contribution is -2.58.